The molecule has 1 saturated heterocycles. The summed E-state index contributed by atoms with van der Waals surface area (Å²) in [7, 11) is -2.55. The van der Waals surface area contributed by atoms with Crippen LogP contribution in [0.3, 0.4) is 0 Å². The fourth-order valence-corrected chi connectivity index (χ4v) is 10.7. The molecular formula is C30H37NO2Si. The van der Waals surface area contributed by atoms with Crippen molar-refractivity contribution in [2.45, 2.75) is 63.4 Å². The van der Waals surface area contributed by atoms with Crippen molar-refractivity contribution in [1.82, 2.24) is 4.90 Å². The molecule has 1 heterocycles. The molecule has 0 bridgehead atoms. The Morgan fingerprint density at radius 1 is 0.824 bits per heavy atom. The molecule has 0 aromatic heterocycles. The van der Waals surface area contributed by atoms with Gasteiger partial charge in [-0.15, -0.1) is 0 Å². The van der Waals surface area contributed by atoms with Crippen molar-refractivity contribution in [1.29, 1.82) is 0 Å². The topological polar surface area (TPSA) is 21.7 Å². The van der Waals surface area contributed by atoms with E-state index in [0.717, 1.165) is 32.5 Å². The smallest absolute Gasteiger partial charge is 0.261 e. The third kappa shape index (κ3) is 4.52. The molecule has 178 valence electrons. The van der Waals surface area contributed by atoms with E-state index in [1.165, 1.54) is 15.9 Å². The first-order valence-corrected chi connectivity index (χ1v) is 14.6. The van der Waals surface area contributed by atoms with Gasteiger partial charge in [0, 0.05) is 31.7 Å². The number of morpholine rings is 1. The molecule has 3 unspecified atom stereocenters. The minimum Gasteiger partial charge on any atom is -0.404 e. The van der Waals surface area contributed by atoms with Gasteiger partial charge in [0.15, 0.2) is 0 Å². The first kappa shape index (κ1) is 23.5. The van der Waals surface area contributed by atoms with Crippen molar-refractivity contribution in [2.75, 3.05) is 13.2 Å². The lowest BCUT2D eigenvalue weighted by molar-refractivity contribution is -0.0591. The van der Waals surface area contributed by atoms with Gasteiger partial charge in [-0.25, -0.2) is 0 Å². The van der Waals surface area contributed by atoms with Gasteiger partial charge in [-0.2, -0.15) is 0 Å². The van der Waals surface area contributed by atoms with Gasteiger partial charge < -0.3 is 9.16 Å². The van der Waals surface area contributed by atoms with Gasteiger partial charge >= 0.3 is 0 Å². The zero-order valence-corrected chi connectivity index (χ0v) is 21.7. The zero-order chi connectivity index (χ0) is 23.6. The standard InChI is InChI=1S/C30H37NO2Si/c1-30(2,3)34(26-15-9-5-10-16-26,27-17-11-6-12-18-27)33-25-21-28-29(22-25)32-20-19-31(28)23-24-13-7-4-8-14-24/h4-18,25,28-29H,19-23H2,1-3H3. The van der Waals surface area contributed by atoms with E-state index in [4.69, 9.17) is 9.16 Å². The number of benzene rings is 3. The molecule has 4 heteroatoms. The van der Waals surface area contributed by atoms with Crippen molar-refractivity contribution < 1.29 is 9.16 Å². The average Bonchev–Trinajstić information content (AvgIpc) is 3.27. The fraction of sp³-hybridized carbons (Fsp3) is 0.400. The first-order chi connectivity index (χ1) is 16.5. The third-order valence-electron chi connectivity index (χ3n) is 7.60. The van der Waals surface area contributed by atoms with E-state index in [1.54, 1.807) is 0 Å². The highest BCUT2D eigenvalue weighted by molar-refractivity contribution is 6.99. The number of nitrogens with zero attached hydrogens (tertiary/aromatic N) is 1. The zero-order valence-electron chi connectivity index (χ0n) is 20.7. The Labute approximate surface area is 205 Å². The van der Waals surface area contributed by atoms with Gasteiger partial charge in [0.05, 0.1) is 12.7 Å². The Hall–Kier alpha value is -2.24. The maximum Gasteiger partial charge on any atom is 0.261 e. The Kier molecular flexibility index (Phi) is 6.76. The number of ether oxygens (including phenoxy) is 1. The average molecular weight is 472 g/mol. The van der Waals surface area contributed by atoms with Crippen molar-refractivity contribution >= 4 is 18.7 Å². The summed E-state index contributed by atoms with van der Waals surface area (Å²) in [5.74, 6) is 0. The van der Waals surface area contributed by atoms with Crippen molar-refractivity contribution in [2.24, 2.45) is 0 Å². The molecule has 2 fully saturated rings. The molecule has 3 nitrogen and oxygen atoms in total. The van der Waals surface area contributed by atoms with Crippen LogP contribution in [0.4, 0.5) is 0 Å². The van der Waals surface area contributed by atoms with Gasteiger partial charge in [-0.3, -0.25) is 4.90 Å². The molecule has 2 aliphatic rings. The molecule has 34 heavy (non-hydrogen) atoms. The predicted octanol–water partition coefficient (Wildman–Crippen LogP) is 5.00. The number of hydrogen-bond donors (Lipinski definition) is 0. The Morgan fingerprint density at radius 3 is 1.94 bits per heavy atom. The quantitative estimate of drug-likeness (QED) is 0.473. The summed E-state index contributed by atoms with van der Waals surface area (Å²) < 4.78 is 13.8. The number of rotatable bonds is 6. The van der Waals surface area contributed by atoms with Crippen LogP contribution in [0, 0.1) is 0 Å². The van der Waals surface area contributed by atoms with Crippen LogP contribution in [0.1, 0.15) is 39.2 Å². The minimum atomic E-state index is -2.55. The Morgan fingerprint density at radius 2 is 1.38 bits per heavy atom. The first-order valence-electron chi connectivity index (χ1n) is 12.7. The summed E-state index contributed by atoms with van der Waals surface area (Å²) >= 11 is 0. The van der Waals surface area contributed by atoms with Crippen molar-refractivity contribution in [3.63, 3.8) is 0 Å². The lowest BCUT2D eigenvalue weighted by Gasteiger charge is -2.44. The van der Waals surface area contributed by atoms with E-state index in [-0.39, 0.29) is 17.2 Å². The molecule has 3 aromatic rings. The second kappa shape index (κ2) is 9.78. The molecule has 1 saturated carbocycles. The number of hydrogen-bond acceptors (Lipinski definition) is 3. The highest BCUT2D eigenvalue weighted by atomic mass is 28.4. The molecule has 0 radical (unpaired) electrons. The molecule has 3 atom stereocenters. The van der Waals surface area contributed by atoms with Gasteiger partial charge in [0.1, 0.15) is 0 Å². The Balaban J connectivity index is 1.46. The second-order valence-electron chi connectivity index (χ2n) is 10.8. The summed E-state index contributed by atoms with van der Waals surface area (Å²) in [4.78, 5) is 2.62. The van der Waals surface area contributed by atoms with Crippen LogP contribution in [0.2, 0.25) is 5.04 Å². The van der Waals surface area contributed by atoms with Gasteiger partial charge in [-0.05, 0) is 27.4 Å². The summed E-state index contributed by atoms with van der Waals surface area (Å²) in [6.07, 6.45) is 2.45. The van der Waals surface area contributed by atoms with Crippen LogP contribution < -0.4 is 10.4 Å². The van der Waals surface area contributed by atoms with Crippen molar-refractivity contribution in [3.05, 3.63) is 96.6 Å². The van der Waals surface area contributed by atoms with E-state index >= 15 is 0 Å². The lowest BCUT2D eigenvalue weighted by atomic mass is 10.1. The van der Waals surface area contributed by atoms with E-state index in [0.29, 0.717) is 6.04 Å². The largest absolute Gasteiger partial charge is 0.404 e. The van der Waals surface area contributed by atoms with Crippen LogP contribution in [0.25, 0.3) is 0 Å². The highest BCUT2D eigenvalue weighted by Gasteiger charge is 2.53. The fourth-order valence-electron chi connectivity index (χ4n) is 6.04. The van der Waals surface area contributed by atoms with Crippen LogP contribution in [-0.4, -0.2) is 44.6 Å². The molecule has 3 aromatic carbocycles. The molecule has 5 rings (SSSR count). The van der Waals surface area contributed by atoms with Crippen LogP contribution in [0.15, 0.2) is 91.0 Å². The van der Waals surface area contributed by atoms with Crippen molar-refractivity contribution in [3.8, 4) is 0 Å². The van der Waals surface area contributed by atoms with E-state index < -0.39 is 8.32 Å². The summed E-state index contributed by atoms with van der Waals surface area (Å²) in [5.41, 5.74) is 1.37. The molecule has 1 aliphatic carbocycles. The summed E-state index contributed by atoms with van der Waals surface area (Å²) in [5, 5.41) is 2.70. The molecular weight excluding hydrogens is 434 g/mol. The molecule has 0 amide bonds. The molecule has 1 aliphatic heterocycles. The monoisotopic (exact) mass is 471 g/mol. The normalized spacial score (nSPS) is 23.6. The molecule has 0 N–H and O–H groups in total. The third-order valence-corrected chi connectivity index (χ3v) is 12.7. The Bertz CT molecular complexity index is 1010. The van der Waals surface area contributed by atoms with Gasteiger partial charge in [0.25, 0.3) is 8.32 Å². The SMILES string of the molecule is CC(C)(C)[Si](OC1CC2OCCN(Cc3ccccc3)C2C1)(c1ccccc1)c1ccccc1. The molecule has 0 spiro atoms. The highest BCUT2D eigenvalue weighted by Crippen LogP contribution is 2.41. The minimum absolute atomic E-state index is 0.00590. The van der Waals surface area contributed by atoms with Gasteiger partial charge in [-0.1, -0.05) is 112 Å². The van der Waals surface area contributed by atoms with E-state index in [1.807, 2.05) is 0 Å². The maximum atomic E-state index is 7.46. The van der Waals surface area contributed by atoms with E-state index in [2.05, 4.69) is 117 Å². The predicted molar refractivity (Wildman–Crippen MR) is 142 cm³/mol. The van der Waals surface area contributed by atoms with Gasteiger partial charge in [0.2, 0.25) is 0 Å². The van der Waals surface area contributed by atoms with Crippen LogP contribution in [-0.2, 0) is 15.7 Å². The maximum absolute atomic E-state index is 7.46. The van der Waals surface area contributed by atoms with Crippen LogP contribution >= 0.6 is 0 Å². The summed E-state index contributed by atoms with van der Waals surface area (Å²) in [6, 6.07) is 33.2. The summed E-state index contributed by atoms with van der Waals surface area (Å²) in [6.45, 7) is 9.86. The lowest BCUT2D eigenvalue weighted by Crippen LogP contribution is -2.67. The number of fused-ring (bicyclic) bond motifs is 1. The van der Waals surface area contributed by atoms with Crippen LogP contribution in [0.5, 0.6) is 0 Å². The second-order valence-corrected chi connectivity index (χ2v) is 15.1. The van der Waals surface area contributed by atoms with E-state index in [9.17, 15) is 0 Å².